The van der Waals surface area contributed by atoms with Gasteiger partial charge >= 0.3 is 6.03 Å². The Morgan fingerprint density at radius 2 is 2.30 bits per heavy atom. The van der Waals surface area contributed by atoms with E-state index in [1.165, 1.54) is 0 Å². The van der Waals surface area contributed by atoms with Gasteiger partial charge in [0.15, 0.2) is 0 Å². The van der Waals surface area contributed by atoms with E-state index in [1.54, 1.807) is 7.11 Å². The van der Waals surface area contributed by atoms with E-state index in [9.17, 15) is 4.79 Å². The number of amides is 2. The van der Waals surface area contributed by atoms with Crippen LogP contribution in [0, 0.1) is 6.92 Å². The van der Waals surface area contributed by atoms with Crippen LogP contribution in [0.25, 0.3) is 0 Å². The monoisotopic (exact) mass is 322 g/mol. The molecule has 3 atom stereocenters. The number of aryl methyl sites for hydroxylation is 1. The van der Waals surface area contributed by atoms with Crippen LogP contribution in [0.3, 0.4) is 0 Å². The molecule has 2 heterocycles. The summed E-state index contributed by atoms with van der Waals surface area (Å²) in [4.78, 5) is 14.8. The van der Waals surface area contributed by atoms with Crippen molar-refractivity contribution >= 4 is 6.03 Å². The van der Waals surface area contributed by atoms with Crippen molar-refractivity contribution < 1.29 is 18.7 Å². The number of methoxy groups -OCH3 is 1. The summed E-state index contributed by atoms with van der Waals surface area (Å²) in [6.45, 7) is 3.76. The molecule has 1 saturated carbocycles. The Kier molecular flexibility index (Phi) is 5.23. The predicted octanol–water partition coefficient (Wildman–Crippen LogP) is 2.63. The maximum absolute atomic E-state index is 12.8. The van der Waals surface area contributed by atoms with Gasteiger partial charge in [0.05, 0.1) is 18.8 Å². The second-order valence-electron chi connectivity index (χ2n) is 6.36. The molecule has 6 heteroatoms. The van der Waals surface area contributed by atoms with Gasteiger partial charge in [-0.1, -0.05) is 0 Å². The normalized spacial score (nSPS) is 25.7. The topological polar surface area (TPSA) is 63.9 Å². The lowest BCUT2D eigenvalue weighted by Gasteiger charge is -2.31. The van der Waals surface area contributed by atoms with Gasteiger partial charge in [0.1, 0.15) is 17.6 Å². The Hall–Kier alpha value is -1.53. The van der Waals surface area contributed by atoms with Gasteiger partial charge in [-0.05, 0) is 44.7 Å². The summed E-state index contributed by atoms with van der Waals surface area (Å²) in [5.41, 5.74) is 0. The number of hydrogen-bond acceptors (Lipinski definition) is 4. The summed E-state index contributed by atoms with van der Waals surface area (Å²) < 4.78 is 16.8. The van der Waals surface area contributed by atoms with Crippen molar-refractivity contribution in [2.45, 2.75) is 50.8 Å². The summed E-state index contributed by atoms with van der Waals surface area (Å²) in [5, 5.41) is 3.07. The maximum atomic E-state index is 12.8. The molecular formula is C17H26N2O4. The standard InChI is InChI=1S/C17H26N2O4/c1-12-7-8-15(23-12)13(11-21-2)18-17(20)19-9-4-10-22-16-6-3-5-14(16)19/h7-8,13-14,16H,3-6,9-11H2,1-2H3,(H,18,20). The molecule has 1 aliphatic carbocycles. The number of rotatable bonds is 4. The molecule has 3 unspecified atom stereocenters. The Morgan fingerprint density at radius 1 is 1.43 bits per heavy atom. The molecule has 0 bridgehead atoms. The molecule has 1 aromatic heterocycles. The van der Waals surface area contributed by atoms with E-state index < -0.39 is 0 Å². The first kappa shape index (κ1) is 16.3. The lowest BCUT2D eigenvalue weighted by Crippen LogP contribution is -2.49. The number of carbonyl (C=O) groups excluding carboxylic acids is 1. The van der Waals surface area contributed by atoms with Crippen LogP contribution in [-0.2, 0) is 9.47 Å². The van der Waals surface area contributed by atoms with Gasteiger partial charge in [-0.15, -0.1) is 0 Å². The second kappa shape index (κ2) is 7.36. The van der Waals surface area contributed by atoms with E-state index in [0.29, 0.717) is 6.61 Å². The fraction of sp³-hybridized carbons (Fsp3) is 0.706. The van der Waals surface area contributed by atoms with Crippen LogP contribution in [0.2, 0.25) is 0 Å². The van der Waals surface area contributed by atoms with E-state index in [1.807, 2.05) is 24.0 Å². The van der Waals surface area contributed by atoms with Gasteiger partial charge in [-0.3, -0.25) is 0 Å². The number of ether oxygens (including phenoxy) is 2. The zero-order valence-corrected chi connectivity index (χ0v) is 13.9. The van der Waals surface area contributed by atoms with Gasteiger partial charge in [-0.2, -0.15) is 0 Å². The zero-order valence-electron chi connectivity index (χ0n) is 13.9. The van der Waals surface area contributed by atoms with E-state index >= 15 is 0 Å². The molecule has 23 heavy (non-hydrogen) atoms. The summed E-state index contributed by atoms with van der Waals surface area (Å²) in [7, 11) is 1.63. The van der Waals surface area contributed by atoms with Crippen molar-refractivity contribution in [2.75, 3.05) is 26.9 Å². The lowest BCUT2D eigenvalue weighted by molar-refractivity contribution is 0.0394. The highest BCUT2D eigenvalue weighted by atomic mass is 16.5. The molecule has 1 N–H and O–H groups in total. The third-order valence-corrected chi connectivity index (χ3v) is 4.69. The van der Waals surface area contributed by atoms with Crippen molar-refractivity contribution in [2.24, 2.45) is 0 Å². The number of fused-ring (bicyclic) bond motifs is 1. The molecule has 0 radical (unpaired) electrons. The summed E-state index contributed by atoms with van der Waals surface area (Å²) >= 11 is 0. The first-order valence-electron chi connectivity index (χ1n) is 8.43. The molecule has 0 aromatic carbocycles. The fourth-order valence-corrected chi connectivity index (χ4v) is 3.58. The molecule has 128 valence electrons. The minimum absolute atomic E-state index is 0.0523. The molecule has 2 amide bonds. The summed E-state index contributed by atoms with van der Waals surface area (Å²) in [6, 6.07) is 3.66. The van der Waals surface area contributed by atoms with Crippen LogP contribution < -0.4 is 5.32 Å². The molecule has 1 aromatic rings. The van der Waals surface area contributed by atoms with Crippen molar-refractivity contribution in [1.29, 1.82) is 0 Å². The minimum Gasteiger partial charge on any atom is -0.464 e. The first-order chi connectivity index (χ1) is 11.2. The third-order valence-electron chi connectivity index (χ3n) is 4.69. The quantitative estimate of drug-likeness (QED) is 0.925. The Labute approximate surface area is 137 Å². The SMILES string of the molecule is COCC(NC(=O)N1CCCOC2CCCC21)c1ccc(C)o1. The largest absolute Gasteiger partial charge is 0.464 e. The molecule has 3 rings (SSSR count). The van der Waals surface area contributed by atoms with Crippen LogP contribution in [0.4, 0.5) is 4.79 Å². The Morgan fingerprint density at radius 3 is 3.04 bits per heavy atom. The third kappa shape index (κ3) is 3.70. The van der Waals surface area contributed by atoms with Crippen molar-refractivity contribution in [3.05, 3.63) is 23.7 Å². The predicted molar refractivity (Wildman–Crippen MR) is 85.3 cm³/mol. The van der Waals surface area contributed by atoms with Crippen LogP contribution in [-0.4, -0.2) is 49.9 Å². The lowest BCUT2D eigenvalue weighted by atomic mass is 10.2. The van der Waals surface area contributed by atoms with Gasteiger partial charge in [0.25, 0.3) is 0 Å². The molecule has 6 nitrogen and oxygen atoms in total. The zero-order chi connectivity index (χ0) is 16.2. The smallest absolute Gasteiger partial charge is 0.318 e. The summed E-state index contributed by atoms with van der Waals surface area (Å²) in [5.74, 6) is 1.56. The number of nitrogens with zero attached hydrogens (tertiary/aromatic N) is 1. The Bertz CT molecular complexity index is 530. The number of hydrogen-bond donors (Lipinski definition) is 1. The van der Waals surface area contributed by atoms with Crippen molar-refractivity contribution in [1.82, 2.24) is 10.2 Å². The highest BCUT2D eigenvalue weighted by Gasteiger charge is 2.37. The van der Waals surface area contributed by atoms with Gasteiger partial charge in [0.2, 0.25) is 0 Å². The number of nitrogens with one attached hydrogen (secondary N) is 1. The number of urea groups is 1. The first-order valence-corrected chi connectivity index (χ1v) is 8.43. The molecule has 0 spiro atoms. The average molecular weight is 322 g/mol. The number of carbonyl (C=O) groups is 1. The highest BCUT2D eigenvalue weighted by Crippen LogP contribution is 2.29. The van der Waals surface area contributed by atoms with Crippen LogP contribution >= 0.6 is 0 Å². The fourth-order valence-electron chi connectivity index (χ4n) is 3.58. The summed E-state index contributed by atoms with van der Waals surface area (Å²) in [6.07, 6.45) is 4.27. The van der Waals surface area contributed by atoms with Crippen LogP contribution in [0.1, 0.15) is 43.2 Å². The average Bonchev–Trinajstić information content (AvgIpc) is 3.12. The maximum Gasteiger partial charge on any atom is 0.318 e. The molecule has 2 fully saturated rings. The van der Waals surface area contributed by atoms with Crippen LogP contribution in [0.5, 0.6) is 0 Å². The molecule has 1 saturated heterocycles. The van der Waals surface area contributed by atoms with E-state index in [2.05, 4.69) is 5.32 Å². The van der Waals surface area contributed by atoms with E-state index in [4.69, 9.17) is 13.9 Å². The molecule has 2 aliphatic rings. The van der Waals surface area contributed by atoms with Crippen LogP contribution in [0.15, 0.2) is 16.5 Å². The van der Waals surface area contributed by atoms with E-state index in [-0.39, 0.29) is 24.2 Å². The van der Waals surface area contributed by atoms with Gasteiger partial charge in [-0.25, -0.2) is 4.79 Å². The molecule has 1 aliphatic heterocycles. The van der Waals surface area contributed by atoms with Gasteiger partial charge < -0.3 is 24.1 Å². The van der Waals surface area contributed by atoms with Gasteiger partial charge in [0, 0.05) is 20.3 Å². The highest BCUT2D eigenvalue weighted by molar-refractivity contribution is 5.75. The number of furan rings is 1. The second-order valence-corrected chi connectivity index (χ2v) is 6.36. The van der Waals surface area contributed by atoms with Crippen molar-refractivity contribution in [3.8, 4) is 0 Å². The van der Waals surface area contributed by atoms with E-state index in [0.717, 1.165) is 50.4 Å². The van der Waals surface area contributed by atoms with Crippen molar-refractivity contribution in [3.63, 3.8) is 0 Å². The molecular weight excluding hydrogens is 296 g/mol. The minimum atomic E-state index is -0.273. The Balaban J connectivity index is 1.70.